The summed E-state index contributed by atoms with van der Waals surface area (Å²) in [5.74, 6) is -1.00. The van der Waals surface area contributed by atoms with Crippen molar-refractivity contribution in [3.8, 4) is 0 Å². The Hall–Kier alpha value is -1.95. The van der Waals surface area contributed by atoms with Gasteiger partial charge in [-0.2, -0.15) is 0 Å². The standard InChI is InChI=1S/C14H18N2O4/c17-14(18)11-4-2-5-12(8-11)15-9-10-3-1-6-13(7-10)16(19)20/h1,3,6-7,11-12,15H,2,4-5,8-9H2,(H,17,18). The van der Waals surface area contributed by atoms with Crippen LogP contribution in [0, 0.1) is 16.0 Å². The zero-order chi connectivity index (χ0) is 14.5. The first-order chi connectivity index (χ1) is 9.56. The van der Waals surface area contributed by atoms with Crippen LogP contribution < -0.4 is 5.32 Å². The number of nitrogens with zero attached hydrogens (tertiary/aromatic N) is 1. The summed E-state index contributed by atoms with van der Waals surface area (Å²) >= 11 is 0. The summed E-state index contributed by atoms with van der Waals surface area (Å²) in [6, 6.07) is 6.67. The lowest BCUT2D eigenvalue weighted by molar-refractivity contribution is -0.384. The van der Waals surface area contributed by atoms with Crippen molar-refractivity contribution in [2.45, 2.75) is 38.3 Å². The number of carboxylic acid groups (broad SMARTS) is 1. The van der Waals surface area contributed by atoms with Crippen LogP contribution in [-0.4, -0.2) is 22.0 Å². The van der Waals surface area contributed by atoms with Gasteiger partial charge in [-0.05, 0) is 24.8 Å². The van der Waals surface area contributed by atoms with Crippen LogP contribution in [0.4, 0.5) is 5.69 Å². The SMILES string of the molecule is O=C(O)C1CCCC(NCc2cccc([N+](=O)[O-])c2)C1. The van der Waals surface area contributed by atoms with E-state index in [-0.39, 0.29) is 17.6 Å². The Kier molecular flexibility index (Phi) is 4.68. The van der Waals surface area contributed by atoms with E-state index >= 15 is 0 Å². The van der Waals surface area contributed by atoms with E-state index in [1.807, 2.05) is 6.07 Å². The van der Waals surface area contributed by atoms with Crippen LogP contribution in [0.3, 0.4) is 0 Å². The van der Waals surface area contributed by atoms with E-state index in [9.17, 15) is 14.9 Å². The molecule has 0 amide bonds. The Morgan fingerprint density at radius 1 is 1.45 bits per heavy atom. The van der Waals surface area contributed by atoms with Gasteiger partial charge in [0.2, 0.25) is 0 Å². The highest BCUT2D eigenvalue weighted by atomic mass is 16.6. The number of nitro groups is 1. The number of carbonyl (C=O) groups is 1. The summed E-state index contributed by atoms with van der Waals surface area (Å²) in [5.41, 5.74) is 0.924. The molecule has 6 nitrogen and oxygen atoms in total. The Balaban J connectivity index is 1.90. The maximum absolute atomic E-state index is 11.0. The molecule has 0 spiro atoms. The number of hydrogen-bond acceptors (Lipinski definition) is 4. The molecule has 20 heavy (non-hydrogen) atoms. The van der Waals surface area contributed by atoms with Gasteiger partial charge in [-0.15, -0.1) is 0 Å². The van der Waals surface area contributed by atoms with Crippen molar-refractivity contribution in [2.75, 3.05) is 0 Å². The summed E-state index contributed by atoms with van der Waals surface area (Å²) in [6.45, 7) is 0.526. The maximum atomic E-state index is 11.0. The first-order valence-corrected chi connectivity index (χ1v) is 6.76. The zero-order valence-corrected chi connectivity index (χ0v) is 11.1. The fourth-order valence-electron chi connectivity index (χ4n) is 2.64. The Morgan fingerprint density at radius 3 is 2.95 bits per heavy atom. The lowest BCUT2D eigenvalue weighted by Crippen LogP contribution is -2.36. The molecule has 1 saturated carbocycles. The van der Waals surface area contributed by atoms with Gasteiger partial charge in [0, 0.05) is 24.7 Å². The normalized spacial score (nSPS) is 22.4. The molecule has 2 N–H and O–H groups in total. The van der Waals surface area contributed by atoms with Crippen molar-refractivity contribution in [1.29, 1.82) is 0 Å². The maximum Gasteiger partial charge on any atom is 0.306 e. The van der Waals surface area contributed by atoms with Gasteiger partial charge in [0.05, 0.1) is 10.8 Å². The molecular weight excluding hydrogens is 260 g/mol. The lowest BCUT2D eigenvalue weighted by atomic mass is 9.86. The molecule has 1 aliphatic rings. The molecule has 0 aliphatic heterocycles. The second-order valence-electron chi connectivity index (χ2n) is 5.21. The molecule has 2 atom stereocenters. The molecule has 1 aromatic carbocycles. The largest absolute Gasteiger partial charge is 0.481 e. The molecule has 2 unspecified atom stereocenters. The number of rotatable bonds is 5. The minimum absolute atomic E-state index is 0.0800. The quantitative estimate of drug-likeness (QED) is 0.637. The Morgan fingerprint density at radius 2 is 2.25 bits per heavy atom. The molecule has 0 saturated heterocycles. The molecule has 0 heterocycles. The molecule has 1 aliphatic carbocycles. The van der Waals surface area contributed by atoms with E-state index in [1.54, 1.807) is 12.1 Å². The van der Waals surface area contributed by atoms with Crippen LogP contribution in [0.15, 0.2) is 24.3 Å². The molecule has 0 bridgehead atoms. The second kappa shape index (κ2) is 6.47. The van der Waals surface area contributed by atoms with E-state index in [0.717, 1.165) is 24.8 Å². The average Bonchev–Trinajstić information content (AvgIpc) is 2.45. The van der Waals surface area contributed by atoms with E-state index in [0.29, 0.717) is 13.0 Å². The fourth-order valence-corrected chi connectivity index (χ4v) is 2.64. The highest BCUT2D eigenvalue weighted by Gasteiger charge is 2.26. The van der Waals surface area contributed by atoms with Crippen molar-refractivity contribution in [1.82, 2.24) is 5.32 Å². The van der Waals surface area contributed by atoms with E-state index in [4.69, 9.17) is 5.11 Å². The van der Waals surface area contributed by atoms with E-state index in [1.165, 1.54) is 6.07 Å². The number of hydrogen-bond donors (Lipinski definition) is 2. The Labute approximate surface area is 117 Å². The highest BCUT2D eigenvalue weighted by molar-refractivity contribution is 5.70. The summed E-state index contributed by atoms with van der Waals surface area (Å²) in [6.07, 6.45) is 3.23. The van der Waals surface area contributed by atoms with Gasteiger partial charge in [0.25, 0.3) is 5.69 Å². The van der Waals surface area contributed by atoms with Crippen molar-refractivity contribution >= 4 is 11.7 Å². The number of non-ortho nitro benzene ring substituents is 1. The van der Waals surface area contributed by atoms with Gasteiger partial charge in [-0.1, -0.05) is 18.6 Å². The minimum atomic E-state index is -0.730. The van der Waals surface area contributed by atoms with Gasteiger partial charge in [-0.3, -0.25) is 14.9 Å². The molecular formula is C14H18N2O4. The van der Waals surface area contributed by atoms with Crippen LogP contribution in [0.1, 0.15) is 31.2 Å². The highest BCUT2D eigenvalue weighted by Crippen LogP contribution is 2.24. The number of aliphatic carboxylic acids is 1. The van der Waals surface area contributed by atoms with Crippen molar-refractivity contribution < 1.29 is 14.8 Å². The number of nitro benzene ring substituents is 1. The van der Waals surface area contributed by atoms with Crippen molar-refractivity contribution in [2.24, 2.45) is 5.92 Å². The van der Waals surface area contributed by atoms with Crippen molar-refractivity contribution in [3.63, 3.8) is 0 Å². The third-order valence-corrected chi connectivity index (χ3v) is 3.74. The third kappa shape index (κ3) is 3.77. The zero-order valence-electron chi connectivity index (χ0n) is 11.1. The summed E-state index contributed by atoms with van der Waals surface area (Å²) < 4.78 is 0. The predicted octanol–water partition coefficient (Wildman–Crippen LogP) is 2.33. The summed E-state index contributed by atoms with van der Waals surface area (Å²) in [5, 5.41) is 23.0. The number of nitrogens with one attached hydrogen (secondary N) is 1. The molecule has 0 aromatic heterocycles. The summed E-state index contributed by atoms with van der Waals surface area (Å²) in [7, 11) is 0. The van der Waals surface area contributed by atoms with E-state index in [2.05, 4.69) is 5.32 Å². The summed E-state index contributed by atoms with van der Waals surface area (Å²) in [4.78, 5) is 21.3. The van der Waals surface area contributed by atoms with Gasteiger partial charge in [-0.25, -0.2) is 0 Å². The Bertz CT molecular complexity index is 504. The van der Waals surface area contributed by atoms with Crippen LogP contribution >= 0.6 is 0 Å². The molecule has 6 heteroatoms. The van der Waals surface area contributed by atoms with Gasteiger partial charge < -0.3 is 10.4 Å². The van der Waals surface area contributed by atoms with Gasteiger partial charge >= 0.3 is 5.97 Å². The second-order valence-corrected chi connectivity index (χ2v) is 5.21. The molecule has 2 rings (SSSR count). The van der Waals surface area contributed by atoms with Crippen LogP contribution in [-0.2, 0) is 11.3 Å². The predicted molar refractivity (Wildman–Crippen MR) is 73.3 cm³/mol. The average molecular weight is 278 g/mol. The monoisotopic (exact) mass is 278 g/mol. The third-order valence-electron chi connectivity index (χ3n) is 3.74. The minimum Gasteiger partial charge on any atom is -0.481 e. The molecule has 108 valence electrons. The van der Waals surface area contributed by atoms with E-state index < -0.39 is 10.9 Å². The van der Waals surface area contributed by atoms with Gasteiger partial charge in [0.15, 0.2) is 0 Å². The molecule has 1 aromatic rings. The smallest absolute Gasteiger partial charge is 0.306 e. The first-order valence-electron chi connectivity index (χ1n) is 6.76. The van der Waals surface area contributed by atoms with Crippen LogP contribution in [0.2, 0.25) is 0 Å². The first kappa shape index (κ1) is 14.5. The van der Waals surface area contributed by atoms with Crippen LogP contribution in [0.5, 0.6) is 0 Å². The van der Waals surface area contributed by atoms with Gasteiger partial charge in [0.1, 0.15) is 0 Å². The van der Waals surface area contributed by atoms with Crippen LogP contribution in [0.25, 0.3) is 0 Å². The van der Waals surface area contributed by atoms with Crippen molar-refractivity contribution in [3.05, 3.63) is 39.9 Å². The number of carboxylic acids is 1. The molecule has 0 radical (unpaired) electrons. The lowest BCUT2D eigenvalue weighted by Gasteiger charge is -2.27. The topological polar surface area (TPSA) is 92.5 Å². The number of benzene rings is 1. The molecule has 1 fully saturated rings. The fraction of sp³-hybridized carbons (Fsp3) is 0.500.